The molecule has 19 heavy (non-hydrogen) atoms. The van der Waals surface area contributed by atoms with Gasteiger partial charge in [0, 0.05) is 26.1 Å². The first-order chi connectivity index (χ1) is 8.81. The molecule has 0 heterocycles. The lowest BCUT2D eigenvalue weighted by Crippen LogP contribution is -2.51. The third-order valence-electron chi connectivity index (χ3n) is 3.15. The van der Waals surface area contributed by atoms with E-state index in [2.05, 4.69) is 37.9 Å². The first-order valence-corrected chi connectivity index (χ1v) is 7.05. The van der Waals surface area contributed by atoms with Crippen molar-refractivity contribution < 1.29 is 14.7 Å². The quantitative estimate of drug-likeness (QED) is 0.670. The molecule has 0 radical (unpaired) electrons. The molecule has 2 N–H and O–H groups in total. The van der Waals surface area contributed by atoms with Gasteiger partial charge in [-0.25, -0.2) is 4.79 Å². The smallest absolute Gasteiger partial charge is 0.327 e. The summed E-state index contributed by atoms with van der Waals surface area (Å²) in [4.78, 5) is 24.5. The number of nitrogens with zero attached hydrogens (tertiary/aromatic N) is 1. The molecule has 0 aliphatic rings. The van der Waals surface area contributed by atoms with Crippen molar-refractivity contribution in [2.45, 2.75) is 59.5 Å². The third-order valence-corrected chi connectivity index (χ3v) is 3.15. The van der Waals surface area contributed by atoms with Crippen LogP contribution in [0.1, 0.15) is 47.5 Å². The largest absolute Gasteiger partial charge is 0.480 e. The molecule has 112 valence electrons. The predicted molar refractivity (Wildman–Crippen MR) is 76.0 cm³/mol. The zero-order valence-electron chi connectivity index (χ0n) is 12.8. The standard InChI is InChI=1S/C14H28N2O3/c1-6-12(7-2)16(8-10(3)4)9-13(14(18)19)15-11(5)17/h10,12-13H,6-9H2,1-5H3,(H,15,17)(H,18,19). The van der Waals surface area contributed by atoms with Gasteiger partial charge in [-0.2, -0.15) is 0 Å². The summed E-state index contributed by atoms with van der Waals surface area (Å²) >= 11 is 0. The highest BCUT2D eigenvalue weighted by Crippen LogP contribution is 2.12. The van der Waals surface area contributed by atoms with E-state index < -0.39 is 12.0 Å². The summed E-state index contributed by atoms with van der Waals surface area (Å²) < 4.78 is 0. The molecule has 0 aromatic heterocycles. The van der Waals surface area contributed by atoms with Gasteiger partial charge in [0.2, 0.25) is 5.91 Å². The van der Waals surface area contributed by atoms with Crippen molar-refractivity contribution in [3.63, 3.8) is 0 Å². The van der Waals surface area contributed by atoms with Gasteiger partial charge in [0.25, 0.3) is 0 Å². The summed E-state index contributed by atoms with van der Waals surface area (Å²) in [6.07, 6.45) is 1.96. The van der Waals surface area contributed by atoms with E-state index in [0.717, 1.165) is 19.4 Å². The second-order valence-corrected chi connectivity index (χ2v) is 5.41. The van der Waals surface area contributed by atoms with Gasteiger partial charge in [-0.3, -0.25) is 9.69 Å². The minimum atomic E-state index is -0.977. The van der Waals surface area contributed by atoms with Gasteiger partial charge < -0.3 is 10.4 Å². The van der Waals surface area contributed by atoms with E-state index >= 15 is 0 Å². The van der Waals surface area contributed by atoms with Crippen molar-refractivity contribution in [1.82, 2.24) is 10.2 Å². The normalized spacial score (nSPS) is 13.1. The van der Waals surface area contributed by atoms with Crippen LogP contribution in [0, 0.1) is 5.92 Å². The number of carbonyl (C=O) groups is 2. The fraction of sp³-hybridized carbons (Fsp3) is 0.857. The predicted octanol–water partition coefficient (Wildman–Crippen LogP) is 1.72. The Kier molecular flexibility index (Phi) is 8.39. The lowest BCUT2D eigenvalue weighted by atomic mass is 10.1. The first kappa shape index (κ1) is 17.9. The highest BCUT2D eigenvalue weighted by molar-refractivity contribution is 5.82. The third kappa shape index (κ3) is 7.15. The van der Waals surface area contributed by atoms with Crippen LogP contribution in [0.4, 0.5) is 0 Å². The van der Waals surface area contributed by atoms with E-state index in [-0.39, 0.29) is 5.91 Å². The zero-order chi connectivity index (χ0) is 15.0. The number of carbonyl (C=O) groups excluding carboxylic acids is 1. The van der Waals surface area contributed by atoms with Crippen molar-refractivity contribution in [2.24, 2.45) is 5.92 Å². The zero-order valence-corrected chi connectivity index (χ0v) is 12.8. The molecule has 1 amide bonds. The van der Waals surface area contributed by atoms with Crippen molar-refractivity contribution in [3.05, 3.63) is 0 Å². The number of carboxylic acid groups (broad SMARTS) is 1. The monoisotopic (exact) mass is 272 g/mol. The number of amides is 1. The highest BCUT2D eigenvalue weighted by atomic mass is 16.4. The molecule has 0 aliphatic carbocycles. The molecule has 0 spiro atoms. The lowest BCUT2D eigenvalue weighted by molar-refractivity contribution is -0.142. The molecular weight excluding hydrogens is 244 g/mol. The SMILES string of the molecule is CCC(CC)N(CC(C)C)CC(NC(C)=O)C(=O)O. The molecule has 5 heteroatoms. The Bertz CT molecular complexity index is 288. The van der Waals surface area contributed by atoms with Gasteiger partial charge in [0.15, 0.2) is 0 Å². The minimum Gasteiger partial charge on any atom is -0.480 e. The minimum absolute atomic E-state index is 0.304. The molecule has 0 aromatic carbocycles. The maximum absolute atomic E-state index is 11.2. The molecule has 0 rings (SSSR count). The van der Waals surface area contributed by atoms with Gasteiger partial charge in [0.1, 0.15) is 6.04 Å². The number of hydrogen-bond donors (Lipinski definition) is 2. The summed E-state index contributed by atoms with van der Waals surface area (Å²) in [5.41, 5.74) is 0. The number of aliphatic carboxylic acids is 1. The summed E-state index contributed by atoms with van der Waals surface area (Å²) in [7, 11) is 0. The van der Waals surface area contributed by atoms with Gasteiger partial charge in [0.05, 0.1) is 0 Å². The summed E-state index contributed by atoms with van der Waals surface area (Å²) in [5.74, 6) is -0.816. The fourth-order valence-corrected chi connectivity index (χ4v) is 2.31. The molecule has 0 aromatic rings. The maximum atomic E-state index is 11.2. The van der Waals surface area contributed by atoms with Crippen molar-refractivity contribution >= 4 is 11.9 Å². The van der Waals surface area contributed by atoms with Gasteiger partial charge in [-0.05, 0) is 18.8 Å². The van der Waals surface area contributed by atoms with E-state index in [1.54, 1.807) is 0 Å². The van der Waals surface area contributed by atoms with E-state index in [1.165, 1.54) is 6.92 Å². The van der Waals surface area contributed by atoms with Gasteiger partial charge in [-0.1, -0.05) is 27.7 Å². The highest BCUT2D eigenvalue weighted by Gasteiger charge is 2.25. The number of carboxylic acids is 1. The molecular formula is C14H28N2O3. The average molecular weight is 272 g/mol. The van der Waals surface area contributed by atoms with E-state index in [9.17, 15) is 14.7 Å². The summed E-state index contributed by atoms with van der Waals surface area (Å²) in [5, 5.41) is 11.7. The Morgan fingerprint density at radius 2 is 1.68 bits per heavy atom. The average Bonchev–Trinajstić information content (AvgIpc) is 2.27. The van der Waals surface area contributed by atoms with Crippen LogP contribution in [0.25, 0.3) is 0 Å². The maximum Gasteiger partial charge on any atom is 0.327 e. The van der Waals surface area contributed by atoms with E-state index in [1.807, 2.05) is 0 Å². The topological polar surface area (TPSA) is 69.6 Å². The molecule has 0 aliphatic heterocycles. The molecule has 1 atom stereocenters. The Morgan fingerprint density at radius 1 is 1.16 bits per heavy atom. The molecule has 0 saturated carbocycles. The van der Waals surface area contributed by atoms with Crippen molar-refractivity contribution in [3.8, 4) is 0 Å². The van der Waals surface area contributed by atoms with E-state index in [0.29, 0.717) is 18.5 Å². The second kappa shape index (κ2) is 8.91. The van der Waals surface area contributed by atoms with E-state index in [4.69, 9.17) is 0 Å². The fourth-order valence-electron chi connectivity index (χ4n) is 2.31. The van der Waals surface area contributed by atoms with Crippen LogP contribution in [0.3, 0.4) is 0 Å². The Morgan fingerprint density at radius 3 is 2.00 bits per heavy atom. The van der Waals surface area contributed by atoms with Crippen LogP contribution in [-0.2, 0) is 9.59 Å². The molecule has 5 nitrogen and oxygen atoms in total. The molecule has 0 bridgehead atoms. The Balaban J connectivity index is 4.82. The summed E-state index contributed by atoms with van der Waals surface area (Å²) in [6.45, 7) is 11.0. The Hall–Kier alpha value is -1.10. The number of hydrogen-bond acceptors (Lipinski definition) is 3. The molecule has 0 saturated heterocycles. The van der Waals surface area contributed by atoms with Crippen LogP contribution in [0.5, 0.6) is 0 Å². The van der Waals surface area contributed by atoms with Gasteiger partial charge in [-0.15, -0.1) is 0 Å². The number of nitrogens with one attached hydrogen (secondary N) is 1. The van der Waals surface area contributed by atoms with Crippen LogP contribution in [0.15, 0.2) is 0 Å². The second-order valence-electron chi connectivity index (χ2n) is 5.41. The molecule has 1 unspecified atom stereocenters. The van der Waals surface area contributed by atoms with Crippen molar-refractivity contribution in [2.75, 3.05) is 13.1 Å². The van der Waals surface area contributed by atoms with Crippen LogP contribution in [-0.4, -0.2) is 47.1 Å². The first-order valence-electron chi connectivity index (χ1n) is 7.05. The molecule has 0 fully saturated rings. The van der Waals surface area contributed by atoms with Crippen LogP contribution in [0.2, 0.25) is 0 Å². The lowest BCUT2D eigenvalue weighted by Gasteiger charge is -2.33. The number of rotatable bonds is 9. The summed E-state index contributed by atoms with van der Waals surface area (Å²) in [6, 6.07) is -0.477. The van der Waals surface area contributed by atoms with Crippen molar-refractivity contribution in [1.29, 1.82) is 0 Å². The Labute approximate surface area is 116 Å². The van der Waals surface area contributed by atoms with Crippen LogP contribution < -0.4 is 5.32 Å². The van der Waals surface area contributed by atoms with Crippen LogP contribution >= 0.6 is 0 Å². The van der Waals surface area contributed by atoms with Gasteiger partial charge >= 0.3 is 5.97 Å².